The van der Waals surface area contributed by atoms with Gasteiger partial charge in [-0.25, -0.2) is 0 Å². The number of amides is 1. The molecule has 1 saturated heterocycles. The van der Waals surface area contributed by atoms with E-state index in [0.717, 1.165) is 13.1 Å². The van der Waals surface area contributed by atoms with Crippen LogP contribution in [0.15, 0.2) is 0 Å². The standard InChI is InChI=1S/C11H22N2O/c1-11(2,3)10(14)13-8-9-6-4-5-7-12-9/h9,12H,4-8H2,1-3H3,(H,13,14). The largest absolute Gasteiger partial charge is 0.354 e. The van der Waals surface area contributed by atoms with Gasteiger partial charge in [-0.2, -0.15) is 0 Å². The van der Waals surface area contributed by atoms with Gasteiger partial charge in [0, 0.05) is 18.0 Å². The van der Waals surface area contributed by atoms with E-state index in [1.54, 1.807) is 0 Å². The third kappa shape index (κ3) is 3.66. The van der Waals surface area contributed by atoms with Gasteiger partial charge in [-0.05, 0) is 19.4 Å². The Bertz CT molecular complexity index is 190. The molecule has 0 bridgehead atoms. The van der Waals surface area contributed by atoms with E-state index < -0.39 is 0 Å². The molecule has 1 atom stereocenters. The van der Waals surface area contributed by atoms with Crippen molar-refractivity contribution in [1.82, 2.24) is 10.6 Å². The normalized spacial score (nSPS) is 23.2. The van der Waals surface area contributed by atoms with Crippen molar-refractivity contribution < 1.29 is 4.79 Å². The van der Waals surface area contributed by atoms with E-state index in [0.29, 0.717) is 6.04 Å². The minimum Gasteiger partial charge on any atom is -0.354 e. The van der Waals surface area contributed by atoms with E-state index in [4.69, 9.17) is 0 Å². The zero-order chi connectivity index (χ0) is 10.6. The van der Waals surface area contributed by atoms with Crippen LogP contribution in [0.2, 0.25) is 0 Å². The van der Waals surface area contributed by atoms with E-state index in [-0.39, 0.29) is 11.3 Å². The molecule has 0 aromatic carbocycles. The summed E-state index contributed by atoms with van der Waals surface area (Å²) in [6.45, 7) is 7.69. The third-order valence-electron chi connectivity index (χ3n) is 2.60. The van der Waals surface area contributed by atoms with Crippen LogP contribution in [0, 0.1) is 5.41 Å². The first-order chi connectivity index (χ1) is 6.50. The minimum absolute atomic E-state index is 0.143. The first-order valence-corrected chi connectivity index (χ1v) is 5.52. The molecule has 14 heavy (non-hydrogen) atoms. The Hall–Kier alpha value is -0.570. The maximum Gasteiger partial charge on any atom is 0.225 e. The zero-order valence-corrected chi connectivity index (χ0v) is 9.52. The number of hydrogen-bond donors (Lipinski definition) is 2. The van der Waals surface area contributed by atoms with Crippen LogP contribution in [-0.2, 0) is 4.79 Å². The lowest BCUT2D eigenvalue weighted by Crippen LogP contribution is -2.46. The molecule has 1 amide bonds. The highest BCUT2D eigenvalue weighted by Crippen LogP contribution is 2.13. The van der Waals surface area contributed by atoms with Gasteiger partial charge in [-0.3, -0.25) is 4.79 Å². The molecule has 1 aliphatic heterocycles. The van der Waals surface area contributed by atoms with Crippen molar-refractivity contribution in [2.75, 3.05) is 13.1 Å². The van der Waals surface area contributed by atoms with Crippen molar-refractivity contribution in [1.29, 1.82) is 0 Å². The first kappa shape index (κ1) is 11.5. The van der Waals surface area contributed by atoms with Crippen molar-refractivity contribution in [2.45, 2.75) is 46.1 Å². The number of hydrogen-bond acceptors (Lipinski definition) is 2. The molecule has 1 aliphatic rings. The highest BCUT2D eigenvalue weighted by molar-refractivity contribution is 5.81. The van der Waals surface area contributed by atoms with E-state index in [1.165, 1.54) is 19.3 Å². The van der Waals surface area contributed by atoms with Gasteiger partial charge >= 0.3 is 0 Å². The van der Waals surface area contributed by atoms with E-state index in [2.05, 4.69) is 10.6 Å². The average Bonchev–Trinajstić information content (AvgIpc) is 2.14. The smallest absolute Gasteiger partial charge is 0.225 e. The molecule has 0 spiro atoms. The molecule has 2 N–H and O–H groups in total. The van der Waals surface area contributed by atoms with Crippen LogP contribution < -0.4 is 10.6 Å². The second kappa shape index (κ2) is 4.78. The average molecular weight is 198 g/mol. The second-order valence-electron chi connectivity index (χ2n) is 5.11. The minimum atomic E-state index is -0.269. The Morgan fingerprint density at radius 2 is 2.14 bits per heavy atom. The monoisotopic (exact) mass is 198 g/mol. The van der Waals surface area contributed by atoms with Gasteiger partial charge in [0.25, 0.3) is 0 Å². The fraction of sp³-hybridized carbons (Fsp3) is 0.909. The Labute approximate surface area is 86.6 Å². The van der Waals surface area contributed by atoms with Crippen LogP contribution in [0.5, 0.6) is 0 Å². The van der Waals surface area contributed by atoms with Crippen molar-refractivity contribution in [3.8, 4) is 0 Å². The van der Waals surface area contributed by atoms with Crippen LogP contribution in [0.4, 0.5) is 0 Å². The molecule has 0 aliphatic carbocycles. The molecule has 3 nitrogen and oxygen atoms in total. The van der Waals surface area contributed by atoms with E-state index in [1.807, 2.05) is 20.8 Å². The molecular formula is C11H22N2O. The number of nitrogens with one attached hydrogen (secondary N) is 2. The molecule has 1 heterocycles. The fourth-order valence-corrected chi connectivity index (χ4v) is 1.58. The summed E-state index contributed by atoms with van der Waals surface area (Å²) in [7, 11) is 0. The second-order valence-corrected chi connectivity index (χ2v) is 5.11. The molecular weight excluding hydrogens is 176 g/mol. The summed E-state index contributed by atoms with van der Waals surface area (Å²) < 4.78 is 0. The van der Waals surface area contributed by atoms with Crippen LogP contribution in [0.25, 0.3) is 0 Å². The topological polar surface area (TPSA) is 41.1 Å². The van der Waals surface area contributed by atoms with Crippen LogP contribution in [0.3, 0.4) is 0 Å². The predicted molar refractivity (Wildman–Crippen MR) is 58.1 cm³/mol. The van der Waals surface area contributed by atoms with Crippen molar-refractivity contribution in [2.24, 2.45) is 5.41 Å². The summed E-state index contributed by atoms with van der Waals surface area (Å²) in [4.78, 5) is 11.6. The summed E-state index contributed by atoms with van der Waals surface area (Å²) in [6, 6.07) is 0.482. The van der Waals surface area contributed by atoms with Crippen molar-refractivity contribution >= 4 is 5.91 Å². The Kier molecular flexibility index (Phi) is 3.93. The molecule has 82 valence electrons. The highest BCUT2D eigenvalue weighted by Gasteiger charge is 2.22. The first-order valence-electron chi connectivity index (χ1n) is 5.52. The predicted octanol–water partition coefficient (Wildman–Crippen LogP) is 1.29. The van der Waals surface area contributed by atoms with Gasteiger partial charge in [0.2, 0.25) is 5.91 Å². The molecule has 1 fully saturated rings. The lowest BCUT2D eigenvalue weighted by Gasteiger charge is -2.25. The van der Waals surface area contributed by atoms with Gasteiger partial charge in [0.05, 0.1) is 0 Å². The van der Waals surface area contributed by atoms with Crippen LogP contribution in [0.1, 0.15) is 40.0 Å². The SMILES string of the molecule is CC(C)(C)C(=O)NCC1CCCCN1. The Balaban J connectivity index is 2.22. The zero-order valence-electron chi connectivity index (χ0n) is 9.52. The quantitative estimate of drug-likeness (QED) is 0.702. The maximum absolute atomic E-state index is 11.6. The number of carbonyl (C=O) groups is 1. The number of rotatable bonds is 2. The molecule has 3 heteroatoms. The Morgan fingerprint density at radius 1 is 1.43 bits per heavy atom. The fourth-order valence-electron chi connectivity index (χ4n) is 1.58. The van der Waals surface area contributed by atoms with Gasteiger partial charge in [-0.15, -0.1) is 0 Å². The van der Waals surface area contributed by atoms with Crippen molar-refractivity contribution in [3.05, 3.63) is 0 Å². The molecule has 0 aromatic heterocycles. The van der Waals surface area contributed by atoms with Gasteiger partial charge < -0.3 is 10.6 Å². The summed E-state index contributed by atoms with van der Waals surface area (Å²) in [5, 5.41) is 6.40. The van der Waals surface area contributed by atoms with Gasteiger partial charge in [-0.1, -0.05) is 27.2 Å². The highest BCUT2D eigenvalue weighted by atomic mass is 16.2. The lowest BCUT2D eigenvalue weighted by molar-refractivity contribution is -0.128. The maximum atomic E-state index is 11.6. The van der Waals surface area contributed by atoms with E-state index >= 15 is 0 Å². The molecule has 1 rings (SSSR count). The molecule has 0 radical (unpaired) electrons. The number of piperidine rings is 1. The van der Waals surface area contributed by atoms with Crippen LogP contribution >= 0.6 is 0 Å². The lowest BCUT2D eigenvalue weighted by atomic mass is 9.95. The number of carbonyl (C=O) groups excluding carboxylic acids is 1. The van der Waals surface area contributed by atoms with E-state index in [9.17, 15) is 4.79 Å². The summed E-state index contributed by atoms with van der Waals surface area (Å²) in [6.07, 6.45) is 3.73. The summed E-state index contributed by atoms with van der Waals surface area (Å²) in [5.74, 6) is 0.143. The van der Waals surface area contributed by atoms with Gasteiger partial charge in [0.1, 0.15) is 0 Å². The third-order valence-corrected chi connectivity index (χ3v) is 2.60. The molecule has 1 unspecified atom stereocenters. The summed E-state index contributed by atoms with van der Waals surface area (Å²) >= 11 is 0. The van der Waals surface area contributed by atoms with Crippen molar-refractivity contribution in [3.63, 3.8) is 0 Å². The molecule has 0 aromatic rings. The summed E-state index contributed by atoms with van der Waals surface area (Å²) in [5.41, 5.74) is -0.269. The Morgan fingerprint density at radius 3 is 2.64 bits per heavy atom. The molecule has 0 saturated carbocycles. The van der Waals surface area contributed by atoms with Crippen LogP contribution in [-0.4, -0.2) is 25.0 Å². The van der Waals surface area contributed by atoms with Gasteiger partial charge in [0.15, 0.2) is 0 Å².